The number of hydrogen-bond donors (Lipinski definition) is 3. The zero-order valence-electron chi connectivity index (χ0n) is 20.1. The first-order valence-electron chi connectivity index (χ1n) is 12.6. The first-order valence-corrected chi connectivity index (χ1v) is 12.6. The van der Waals surface area contributed by atoms with Crippen molar-refractivity contribution < 1.29 is 19.7 Å². The molecule has 6 rings (SSSR count). The summed E-state index contributed by atoms with van der Waals surface area (Å²) >= 11 is 0. The molecule has 0 aromatic heterocycles. The monoisotopic (exact) mass is 441 g/mol. The molecule has 3 unspecified atom stereocenters. The van der Waals surface area contributed by atoms with Crippen LogP contribution in [0.4, 0.5) is 0 Å². The first kappa shape index (κ1) is 21.2. The molecule has 2 heterocycles. The number of phenols is 1. The molecular formula is C27H39NO4. The van der Waals surface area contributed by atoms with Gasteiger partial charge in [0, 0.05) is 24.1 Å². The van der Waals surface area contributed by atoms with E-state index < -0.39 is 5.60 Å². The third kappa shape index (κ3) is 2.46. The molecule has 1 spiro atoms. The van der Waals surface area contributed by atoms with E-state index >= 15 is 0 Å². The predicted octanol–water partition coefficient (Wildman–Crippen LogP) is 3.78. The van der Waals surface area contributed by atoms with Crippen molar-refractivity contribution in [3.8, 4) is 11.5 Å². The second kappa shape index (κ2) is 6.64. The van der Waals surface area contributed by atoms with Gasteiger partial charge in [-0.15, -0.1) is 0 Å². The molecule has 1 aromatic rings. The molecule has 2 aliphatic heterocycles. The molecule has 3 fully saturated rings. The minimum atomic E-state index is -0.816. The number of benzene rings is 1. The Kier molecular flexibility index (Phi) is 4.41. The maximum Gasteiger partial charge on any atom is 0.165 e. The topological polar surface area (TPSA) is 71.0 Å². The Morgan fingerprint density at radius 2 is 1.94 bits per heavy atom. The molecule has 5 heteroatoms. The average Bonchev–Trinajstić information content (AvgIpc) is 2.87. The van der Waals surface area contributed by atoms with Crippen LogP contribution in [0.25, 0.3) is 0 Å². The van der Waals surface area contributed by atoms with E-state index in [-0.39, 0.29) is 40.6 Å². The highest BCUT2D eigenvalue weighted by Gasteiger charge is 2.68. The second-order valence-electron chi connectivity index (χ2n) is 12.5. The third-order valence-electron chi connectivity index (χ3n) is 10.6. The van der Waals surface area contributed by atoms with E-state index in [0.717, 1.165) is 38.6 Å². The number of rotatable bonds is 2. The highest BCUT2D eigenvalue weighted by atomic mass is 16.5. The van der Waals surface area contributed by atoms with Crippen LogP contribution in [0.1, 0.15) is 64.5 Å². The minimum absolute atomic E-state index is 0.103. The molecule has 1 aromatic carbocycles. The van der Waals surface area contributed by atoms with Crippen molar-refractivity contribution in [2.24, 2.45) is 29.1 Å². The Balaban J connectivity index is 1.61. The smallest absolute Gasteiger partial charge is 0.165 e. The normalized spacial score (nSPS) is 43.6. The van der Waals surface area contributed by atoms with Crippen LogP contribution in [-0.2, 0) is 16.6 Å². The lowest BCUT2D eigenvalue weighted by molar-refractivity contribution is -0.157. The molecule has 5 aliphatic rings. The van der Waals surface area contributed by atoms with Crippen molar-refractivity contribution in [1.29, 1.82) is 0 Å². The van der Waals surface area contributed by atoms with Gasteiger partial charge in [-0.1, -0.05) is 26.8 Å². The number of fused-ring (bicyclic) bond motifs is 2. The van der Waals surface area contributed by atoms with Crippen molar-refractivity contribution in [2.75, 3.05) is 13.7 Å². The van der Waals surface area contributed by atoms with Crippen LogP contribution in [0.5, 0.6) is 11.5 Å². The van der Waals surface area contributed by atoms with Gasteiger partial charge in [0.2, 0.25) is 0 Å². The van der Waals surface area contributed by atoms with Crippen LogP contribution in [-0.4, -0.2) is 47.7 Å². The van der Waals surface area contributed by atoms with Crippen LogP contribution in [0.3, 0.4) is 0 Å². The SMILES string of the molecule is COC1[C@@H]2CC[C@H]3C(C[C@@H]2C(C)(O)C(C)(C)C)[C@H]2Cc4ccc(O)c5c4[C@@]3(CCN2)[C@H]1O5. The summed E-state index contributed by atoms with van der Waals surface area (Å²) in [5.74, 6) is 2.29. The van der Waals surface area contributed by atoms with Crippen molar-refractivity contribution >= 4 is 0 Å². The van der Waals surface area contributed by atoms with Gasteiger partial charge in [0.1, 0.15) is 6.10 Å². The molecule has 3 aliphatic carbocycles. The standard InChI is InChI=1S/C27H39NO4/c1-25(2,3)26(4,30)18-13-16-17-8-7-15(18)22(31-5)24-27(17)10-11-28-19(16)12-14-6-9-20(29)23(32-24)21(14)27/h6,9,15-19,22,24,28-30H,7-8,10-13H2,1-5H3/t15-,16?,17+,18+,19-,22?,24+,26?,27+/m1/s1. The fourth-order valence-corrected chi connectivity index (χ4v) is 8.69. The van der Waals surface area contributed by atoms with Crippen LogP contribution in [0.2, 0.25) is 0 Å². The molecule has 32 heavy (non-hydrogen) atoms. The lowest BCUT2D eigenvalue weighted by atomic mass is 9.55. The summed E-state index contributed by atoms with van der Waals surface area (Å²) in [7, 11) is 1.82. The average molecular weight is 442 g/mol. The summed E-state index contributed by atoms with van der Waals surface area (Å²) in [5, 5.41) is 26.8. The summed E-state index contributed by atoms with van der Waals surface area (Å²) in [6.07, 6.45) is 4.98. The van der Waals surface area contributed by atoms with E-state index in [1.807, 2.05) is 13.2 Å². The van der Waals surface area contributed by atoms with Gasteiger partial charge in [0.15, 0.2) is 11.5 Å². The molecule has 0 radical (unpaired) electrons. The van der Waals surface area contributed by atoms with Gasteiger partial charge in [-0.25, -0.2) is 0 Å². The molecule has 9 atom stereocenters. The van der Waals surface area contributed by atoms with Crippen molar-refractivity contribution in [3.63, 3.8) is 0 Å². The number of hydrogen-bond acceptors (Lipinski definition) is 5. The Morgan fingerprint density at radius 1 is 1.16 bits per heavy atom. The maximum absolute atomic E-state index is 12.0. The van der Waals surface area contributed by atoms with Gasteiger partial charge in [0.05, 0.1) is 11.7 Å². The summed E-state index contributed by atoms with van der Waals surface area (Å²) in [4.78, 5) is 0. The summed E-state index contributed by atoms with van der Waals surface area (Å²) in [6, 6.07) is 4.35. The molecule has 3 N–H and O–H groups in total. The van der Waals surface area contributed by atoms with Crippen LogP contribution >= 0.6 is 0 Å². The predicted molar refractivity (Wildman–Crippen MR) is 123 cm³/mol. The molecule has 5 nitrogen and oxygen atoms in total. The molecule has 4 bridgehead atoms. The van der Waals surface area contributed by atoms with E-state index in [1.165, 1.54) is 11.1 Å². The number of aliphatic hydroxyl groups is 1. The van der Waals surface area contributed by atoms with Gasteiger partial charge >= 0.3 is 0 Å². The summed E-state index contributed by atoms with van der Waals surface area (Å²) in [5.41, 5.74) is 1.44. The lowest BCUT2D eigenvalue weighted by Crippen LogP contribution is -2.59. The highest BCUT2D eigenvalue weighted by molar-refractivity contribution is 5.60. The number of phenolic OH excluding ortho intramolecular Hbond substituents is 1. The Hall–Kier alpha value is -1.30. The van der Waals surface area contributed by atoms with Gasteiger partial charge in [-0.3, -0.25) is 0 Å². The lowest BCUT2D eigenvalue weighted by Gasteiger charge is -2.52. The summed E-state index contributed by atoms with van der Waals surface area (Å²) in [6.45, 7) is 9.51. The number of aromatic hydroxyl groups is 1. The van der Waals surface area contributed by atoms with Crippen molar-refractivity contribution in [1.82, 2.24) is 5.32 Å². The minimum Gasteiger partial charge on any atom is -0.504 e. The second-order valence-corrected chi connectivity index (χ2v) is 12.5. The van der Waals surface area contributed by atoms with Crippen molar-refractivity contribution in [3.05, 3.63) is 23.3 Å². The van der Waals surface area contributed by atoms with Gasteiger partial charge in [-0.2, -0.15) is 0 Å². The fraction of sp³-hybridized carbons (Fsp3) is 0.778. The van der Waals surface area contributed by atoms with E-state index in [4.69, 9.17) is 9.47 Å². The fourth-order valence-electron chi connectivity index (χ4n) is 8.69. The first-order chi connectivity index (χ1) is 15.1. The molecular weight excluding hydrogens is 402 g/mol. The zero-order valence-corrected chi connectivity index (χ0v) is 20.1. The van der Waals surface area contributed by atoms with Gasteiger partial charge in [-0.05, 0) is 86.3 Å². The van der Waals surface area contributed by atoms with Gasteiger partial charge in [0.25, 0.3) is 0 Å². The van der Waals surface area contributed by atoms with Gasteiger partial charge < -0.3 is 25.0 Å². The molecule has 2 saturated carbocycles. The molecule has 176 valence electrons. The molecule has 0 amide bonds. The largest absolute Gasteiger partial charge is 0.504 e. The van der Waals surface area contributed by atoms with Crippen LogP contribution in [0, 0.1) is 29.1 Å². The van der Waals surface area contributed by atoms with E-state index in [1.54, 1.807) is 0 Å². The van der Waals surface area contributed by atoms with Crippen molar-refractivity contribution in [2.45, 2.75) is 89.1 Å². The maximum atomic E-state index is 12.0. The zero-order chi connectivity index (χ0) is 22.6. The van der Waals surface area contributed by atoms with E-state index in [2.05, 4.69) is 39.1 Å². The van der Waals surface area contributed by atoms with Crippen LogP contribution < -0.4 is 10.1 Å². The van der Waals surface area contributed by atoms with E-state index in [9.17, 15) is 10.2 Å². The summed E-state index contributed by atoms with van der Waals surface area (Å²) < 4.78 is 13.1. The Labute approximate surface area is 191 Å². The quantitative estimate of drug-likeness (QED) is 0.652. The van der Waals surface area contributed by atoms with Crippen LogP contribution in [0.15, 0.2) is 12.1 Å². The van der Waals surface area contributed by atoms with E-state index in [0.29, 0.717) is 23.6 Å². The Bertz CT molecular complexity index is 936. The number of methoxy groups -OCH3 is 1. The third-order valence-corrected chi connectivity index (χ3v) is 10.6. The number of nitrogens with one attached hydrogen (secondary N) is 1. The molecule has 1 saturated heterocycles. The Morgan fingerprint density at radius 3 is 2.66 bits per heavy atom. The number of ether oxygens (including phenoxy) is 2. The highest BCUT2D eigenvalue weighted by Crippen LogP contribution is 2.66.